The van der Waals surface area contributed by atoms with Crippen LogP contribution in [0.15, 0.2) is 36.9 Å². The molecule has 1 saturated carbocycles. The maximum absolute atomic E-state index is 13.6. The molecule has 31 heavy (non-hydrogen) atoms. The van der Waals surface area contributed by atoms with Crippen LogP contribution in [0.4, 0.5) is 26.2 Å². The van der Waals surface area contributed by atoms with Crippen LogP contribution in [-0.2, 0) is 0 Å². The predicted octanol–water partition coefficient (Wildman–Crippen LogP) is 3.72. The summed E-state index contributed by atoms with van der Waals surface area (Å²) in [5.41, 5.74) is 1.75. The normalized spacial score (nSPS) is 18.2. The largest absolute Gasteiger partial charge is 0.494 e. The van der Waals surface area contributed by atoms with Gasteiger partial charge < -0.3 is 24.3 Å². The smallest absolute Gasteiger partial charge is 0.252 e. The number of ether oxygens (including phenoxy) is 2. The van der Waals surface area contributed by atoms with Crippen LogP contribution in [-0.4, -0.2) is 51.7 Å². The maximum atomic E-state index is 13.6. The fourth-order valence-electron chi connectivity index (χ4n) is 4.20. The maximum Gasteiger partial charge on any atom is 0.252 e. The molecule has 0 amide bonds. The third-order valence-electron chi connectivity index (χ3n) is 5.86. The lowest BCUT2D eigenvalue weighted by Gasteiger charge is -2.54. The summed E-state index contributed by atoms with van der Waals surface area (Å²) < 4.78 is 40.2. The van der Waals surface area contributed by atoms with Crippen molar-refractivity contribution >= 4 is 17.5 Å². The highest BCUT2D eigenvalue weighted by atomic mass is 19.3. The van der Waals surface area contributed by atoms with Crippen LogP contribution in [0.5, 0.6) is 11.5 Å². The first-order valence-electron chi connectivity index (χ1n) is 9.86. The Morgan fingerprint density at radius 2 is 2.03 bits per heavy atom. The number of fused-ring (bicyclic) bond motifs is 1. The van der Waals surface area contributed by atoms with Crippen LogP contribution in [0.2, 0.25) is 0 Å². The van der Waals surface area contributed by atoms with Crippen LogP contribution in [0.3, 0.4) is 0 Å². The first-order valence-corrected chi connectivity index (χ1v) is 9.86. The molecule has 0 bridgehead atoms. The molecule has 1 aliphatic heterocycles. The van der Waals surface area contributed by atoms with Crippen LogP contribution in [0.25, 0.3) is 5.69 Å². The molecule has 10 heteroatoms. The summed E-state index contributed by atoms with van der Waals surface area (Å²) in [6.07, 6.45) is 4.71. The number of hydrogen-bond donors (Lipinski definition) is 1. The molecule has 0 unspecified atom stereocenters. The molecule has 1 fully saturated rings. The molecule has 2 aromatic heterocycles. The number of nitrogens with one attached hydrogen (secondary N) is 1. The van der Waals surface area contributed by atoms with Gasteiger partial charge in [-0.3, -0.25) is 0 Å². The molecule has 8 nitrogen and oxygen atoms in total. The number of rotatable bonds is 4. The number of halogens is 2. The zero-order valence-electron chi connectivity index (χ0n) is 17.4. The summed E-state index contributed by atoms with van der Waals surface area (Å²) >= 11 is 0. The van der Waals surface area contributed by atoms with Gasteiger partial charge in [0.05, 0.1) is 36.6 Å². The summed E-state index contributed by atoms with van der Waals surface area (Å²) in [4.78, 5) is 14.9. The molecule has 1 spiro atoms. The van der Waals surface area contributed by atoms with Gasteiger partial charge in [0.25, 0.3) is 5.92 Å². The Bertz CT molecular complexity index is 1140. The number of aromatic nitrogens is 4. The van der Waals surface area contributed by atoms with E-state index < -0.39 is 11.5 Å². The second-order valence-electron chi connectivity index (χ2n) is 8.10. The molecular weight excluding hydrogens is 406 g/mol. The van der Waals surface area contributed by atoms with Gasteiger partial charge in [0.1, 0.15) is 12.4 Å². The van der Waals surface area contributed by atoms with Crippen molar-refractivity contribution in [1.82, 2.24) is 19.5 Å². The molecule has 3 aromatic rings. The Labute approximate surface area is 177 Å². The number of alkyl halides is 2. The highest BCUT2D eigenvalue weighted by Crippen LogP contribution is 2.52. The molecule has 1 aliphatic carbocycles. The topological polar surface area (TPSA) is 77.3 Å². The van der Waals surface area contributed by atoms with Gasteiger partial charge in [-0.05, 0) is 19.1 Å². The van der Waals surface area contributed by atoms with E-state index in [1.54, 1.807) is 31.6 Å². The lowest BCUT2D eigenvalue weighted by atomic mass is 9.72. The average molecular weight is 428 g/mol. The zero-order valence-corrected chi connectivity index (χ0v) is 17.4. The fourth-order valence-corrected chi connectivity index (χ4v) is 4.20. The van der Waals surface area contributed by atoms with Gasteiger partial charge in [0.2, 0.25) is 5.95 Å². The molecule has 1 aromatic carbocycles. The second kappa shape index (κ2) is 6.79. The van der Waals surface area contributed by atoms with E-state index >= 15 is 0 Å². The van der Waals surface area contributed by atoms with Crippen LogP contribution >= 0.6 is 0 Å². The lowest BCUT2D eigenvalue weighted by Crippen LogP contribution is -2.66. The quantitative estimate of drug-likeness (QED) is 0.679. The van der Waals surface area contributed by atoms with Crippen molar-refractivity contribution < 1.29 is 18.3 Å². The predicted molar refractivity (Wildman–Crippen MR) is 111 cm³/mol. The van der Waals surface area contributed by atoms with Crippen molar-refractivity contribution in [3.63, 3.8) is 0 Å². The Morgan fingerprint density at radius 1 is 1.23 bits per heavy atom. The molecule has 1 N–H and O–H groups in total. The highest BCUT2D eigenvalue weighted by molar-refractivity contribution is 5.64. The van der Waals surface area contributed by atoms with E-state index in [9.17, 15) is 8.78 Å². The number of aryl methyl sites for hydroxylation is 1. The monoisotopic (exact) mass is 428 g/mol. The van der Waals surface area contributed by atoms with Gasteiger partial charge in [-0.25, -0.2) is 18.7 Å². The number of nitrogens with zero attached hydrogens (tertiary/aromatic N) is 5. The number of likely N-dealkylation sites (N-methyl/N-ethyl adjacent to an activating group) is 1. The Kier molecular flexibility index (Phi) is 4.28. The number of anilines is 3. The fraction of sp³-hybridized carbons (Fsp3) is 0.381. The van der Waals surface area contributed by atoms with E-state index in [0.29, 0.717) is 23.3 Å². The lowest BCUT2D eigenvalue weighted by molar-refractivity contribution is -0.135. The minimum Gasteiger partial charge on any atom is -0.494 e. The first-order chi connectivity index (χ1) is 14.8. The molecule has 0 atom stereocenters. The van der Waals surface area contributed by atoms with Crippen molar-refractivity contribution in [2.24, 2.45) is 0 Å². The average Bonchev–Trinajstić information content (AvgIpc) is 3.15. The van der Waals surface area contributed by atoms with E-state index in [2.05, 4.69) is 20.3 Å². The first kappa shape index (κ1) is 19.5. The summed E-state index contributed by atoms with van der Waals surface area (Å²) in [7, 11) is 3.38. The molecule has 0 saturated heterocycles. The van der Waals surface area contributed by atoms with Gasteiger partial charge in [-0.15, -0.1) is 0 Å². The van der Waals surface area contributed by atoms with E-state index in [1.165, 1.54) is 0 Å². The van der Waals surface area contributed by atoms with E-state index in [-0.39, 0.29) is 19.4 Å². The number of imidazole rings is 1. The van der Waals surface area contributed by atoms with E-state index in [1.807, 2.05) is 35.9 Å². The van der Waals surface area contributed by atoms with Crippen LogP contribution in [0, 0.1) is 6.92 Å². The molecular formula is C21H22F2N6O2. The summed E-state index contributed by atoms with van der Waals surface area (Å²) in [5.74, 6) is -0.689. The standard InChI is InChI=1S/C21H22F2N6O2/c1-13-8-29(12-25-13)15-5-4-14(6-16(15)30-3)26-19-24-7-17-18(27-19)28(2)20(11-31-17)9-21(22,23)10-20/h4-8,12H,9-11H2,1-3H3,(H,24,26,27). The summed E-state index contributed by atoms with van der Waals surface area (Å²) in [5, 5.41) is 3.16. The van der Waals surface area contributed by atoms with E-state index in [4.69, 9.17) is 9.47 Å². The van der Waals surface area contributed by atoms with Gasteiger partial charge in [0.15, 0.2) is 11.6 Å². The van der Waals surface area contributed by atoms with Crippen molar-refractivity contribution in [3.8, 4) is 17.2 Å². The highest BCUT2D eigenvalue weighted by Gasteiger charge is 2.61. The van der Waals surface area contributed by atoms with Crippen LogP contribution in [0.1, 0.15) is 18.5 Å². The minimum atomic E-state index is -2.66. The van der Waals surface area contributed by atoms with Crippen LogP contribution < -0.4 is 19.7 Å². The van der Waals surface area contributed by atoms with Crippen molar-refractivity contribution in [1.29, 1.82) is 0 Å². The van der Waals surface area contributed by atoms with Gasteiger partial charge in [-0.2, -0.15) is 4.98 Å². The summed E-state index contributed by atoms with van der Waals surface area (Å²) in [6, 6.07) is 5.62. The van der Waals surface area contributed by atoms with E-state index in [0.717, 1.165) is 17.1 Å². The Hall–Kier alpha value is -3.43. The van der Waals surface area contributed by atoms with Crippen molar-refractivity contribution in [2.75, 3.05) is 31.0 Å². The van der Waals surface area contributed by atoms with Crippen molar-refractivity contribution in [2.45, 2.75) is 31.2 Å². The molecule has 5 rings (SSSR count). The molecule has 3 heterocycles. The van der Waals surface area contributed by atoms with Gasteiger partial charge >= 0.3 is 0 Å². The molecule has 0 radical (unpaired) electrons. The third kappa shape index (κ3) is 3.31. The van der Waals surface area contributed by atoms with Gasteiger partial charge in [0, 0.05) is 37.8 Å². The SMILES string of the molecule is COc1cc(Nc2ncc3c(n2)N(C)C2(CO3)CC(F)(F)C2)ccc1-n1cnc(C)c1. The molecule has 2 aliphatic rings. The van der Waals surface area contributed by atoms with Crippen molar-refractivity contribution in [3.05, 3.63) is 42.6 Å². The summed E-state index contributed by atoms with van der Waals surface area (Å²) in [6.45, 7) is 2.12. The minimum absolute atomic E-state index is 0.203. The zero-order chi connectivity index (χ0) is 21.8. The Balaban J connectivity index is 1.40. The Morgan fingerprint density at radius 3 is 2.71 bits per heavy atom. The number of methoxy groups -OCH3 is 1. The number of hydrogen-bond acceptors (Lipinski definition) is 7. The number of benzene rings is 1. The third-order valence-corrected chi connectivity index (χ3v) is 5.86. The second-order valence-corrected chi connectivity index (χ2v) is 8.10. The van der Waals surface area contributed by atoms with Gasteiger partial charge in [-0.1, -0.05) is 0 Å². The molecule has 162 valence electrons.